The Labute approximate surface area is 62.6 Å². The molecule has 2 nitrogen and oxygen atoms in total. The minimum Gasteiger partial charge on any atom is -0.389 e. The van der Waals surface area contributed by atoms with Gasteiger partial charge in [-0.2, -0.15) is 5.26 Å². The van der Waals surface area contributed by atoms with E-state index >= 15 is 0 Å². The van der Waals surface area contributed by atoms with Gasteiger partial charge in [-0.1, -0.05) is 15.9 Å². The summed E-state index contributed by atoms with van der Waals surface area (Å²) in [6.45, 7) is 0. The highest BCUT2D eigenvalue weighted by molar-refractivity contribution is 9.09. The van der Waals surface area contributed by atoms with Gasteiger partial charge in [0.05, 0.1) is 17.6 Å². The van der Waals surface area contributed by atoms with Crippen LogP contribution in [-0.4, -0.2) is 16.0 Å². The molecule has 0 amide bonds. The van der Waals surface area contributed by atoms with E-state index in [1.54, 1.807) is 0 Å². The lowest BCUT2D eigenvalue weighted by Gasteiger charge is -2.38. The predicted molar refractivity (Wildman–Crippen MR) is 37.1 cm³/mol. The van der Waals surface area contributed by atoms with Gasteiger partial charge in [0.25, 0.3) is 0 Å². The van der Waals surface area contributed by atoms with Crippen LogP contribution < -0.4 is 0 Å². The second-order valence-electron chi connectivity index (χ2n) is 2.59. The summed E-state index contributed by atoms with van der Waals surface area (Å²) >= 11 is 3.18. The van der Waals surface area contributed by atoms with Crippen molar-refractivity contribution in [3.63, 3.8) is 0 Å². The van der Waals surface area contributed by atoms with Crippen molar-refractivity contribution in [2.24, 2.45) is 5.92 Å². The van der Waals surface area contributed by atoms with Crippen LogP contribution in [-0.2, 0) is 0 Å². The van der Waals surface area contributed by atoms with Gasteiger partial charge in [-0.05, 0) is 12.8 Å². The molecule has 0 saturated heterocycles. The van der Waals surface area contributed by atoms with Gasteiger partial charge in [-0.25, -0.2) is 0 Å². The molecule has 0 radical (unpaired) electrons. The molecule has 1 N–H and O–H groups in total. The molecule has 1 rings (SSSR count). The summed E-state index contributed by atoms with van der Waals surface area (Å²) in [5.74, 6) is 0.0903. The molecule has 0 aliphatic heterocycles. The van der Waals surface area contributed by atoms with Crippen molar-refractivity contribution in [2.75, 3.05) is 5.33 Å². The zero-order valence-electron chi connectivity index (χ0n) is 4.97. The summed E-state index contributed by atoms with van der Waals surface area (Å²) in [5.41, 5.74) is -0.569. The summed E-state index contributed by atoms with van der Waals surface area (Å²) in [4.78, 5) is 0. The first kappa shape index (κ1) is 7.04. The molecule has 0 aromatic carbocycles. The zero-order valence-corrected chi connectivity index (χ0v) is 6.56. The Balaban J connectivity index is 2.34. The van der Waals surface area contributed by atoms with Crippen molar-refractivity contribution in [2.45, 2.75) is 18.4 Å². The minimum atomic E-state index is -0.569. The first-order valence-corrected chi connectivity index (χ1v) is 4.00. The number of rotatable bonds is 1. The highest BCUT2D eigenvalue weighted by Gasteiger charge is 2.41. The largest absolute Gasteiger partial charge is 0.389 e. The quantitative estimate of drug-likeness (QED) is 0.628. The summed E-state index contributed by atoms with van der Waals surface area (Å²) in [6, 6.07) is 2.11. The minimum absolute atomic E-state index is 0.0903. The van der Waals surface area contributed by atoms with E-state index < -0.39 is 5.60 Å². The third-order valence-corrected chi connectivity index (χ3v) is 2.73. The van der Waals surface area contributed by atoms with Gasteiger partial charge in [0.2, 0.25) is 0 Å². The average molecular weight is 190 g/mol. The number of nitrogens with zero attached hydrogens (tertiary/aromatic N) is 1. The number of nitriles is 1. The van der Waals surface area contributed by atoms with Crippen molar-refractivity contribution in [3.05, 3.63) is 0 Å². The summed E-state index contributed by atoms with van der Waals surface area (Å²) in [6.07, 6.45) is 1.27. The molecule has 0 spiro atoms. The topological polar surface area (TPSA) is 44.0 Å². The third kappa shape index (κ3) is 1.25. The average Bonchev–Trinajstić information content (AvgIpc) is 1.81. The van der Waals surface area contributed by atoms with Gasteiger partial charge >= 0.3 is 0 Å². The fraction of sp³-hybridized carbons (Fsp3) is 0.833. The maximum Gasteiger partial charge on any atom is 0.0769 e. The molecule has 9 heavy (non-hydrogen) atoms. The second kappa shape index (κ2) is 2.28. The van der Waals surface area contributed by atoms with E-state index in [-0.39, 0.29) is 5.92 Å². The molecule has 0 aromatic heterocycles. The van der Waals surface area contributed by atoms with E-state index in [1.807, 2.05) is 0 Å². The number of halogens is 1. The second-order valence-corrected chi connectivity index (χ2v) is 3.15. The van der Waals surface area contributed by atoms with Crippen LogP contribution in [0.15, 0.2) is 0 Å². The van der Waals surface area contributed by atoms with Crippen LogP contribution in [0.3, 0.4) is 0 Å². The molecule has 0 aromatic rings. The molecule has 0 atom stereocenters. The van der Waals surface area contributed by atoms with E-state index in [1.165, 1.54) is 0 Å². The number of hydrogen-bond acceptors (Lipinski definition) is 2. The molecule has 1 aliphatic rings. The van der Waals surface area contributed by atoms with Crippen molar-refractivity contribution in [1.82, 2.24) is 0 Å². The molecular weight excluding hydrogens is 182 g/mol. The molecule has 1 fully saturated rings. The molecule has 50 valence electrons. The number of aliphatic hydroxyl groups is 1. The van der Waals surface area contributed by atoms with Crippen molar-refractivity contribution < 1.29 is 5.11 Å². The van der Waals surface area contributed by atoms with Crippen LogP contribution in [0.2, 0.25) is 0 Å². The van der Waals surface area contributed by atoms with Gasteiger partial charge in [-0.3, -0.25) is 0 Å². The van der Waals surface area contributed by atoms with Gasteiger partial charge in [0.15, 0.2) is 0 Å². The standard InChI is InChI=1S/C6H8BrNO/c7-4-6(9)1-5(2-6)3-8/h5,9H,1-2,4H2. The van der Waals surface area contributed by atoms with E-state index in [2.05, 4.69) is 22.0 Å². The molecule has 0 bridgehead atoms. The maximum absolute atomic E-state index is 9.32. The van der Waals surface area contributed by atoms with Gasteiger partial charge < -0.3 is 5.11 Å². The fourth-order valence-corrected chi connectivity index (χ4v) is 1.52. The molecule has 1 saturated carbocycles. The van der Waals surface area contributed by atoms with E-state index in [9.17, 15) is 5.11 Å². The number of alkyl halides is 1. The Morgan fingerprint density at radius 1 is 1.78 bits per heavy atom. The smallest absolute Gasteiger partial charge is 0.0769 e. The van der Waals surface area contributed by atoms with E-state index in [0.717, 1.165) is 0 Å². The van der Waals surface area contributed by atoms with Gasteiger partial charge in [0, 0.05) is 5.33 Å². The summed E-state index contributed by atoms with van der Waals surface area (Å²) < 4.78 is 0. The first-order chi connectivity index (χ1) is 4.20. The van der Waals surface area contributed by atoms with Crippen LogP contribution in [0.25, 0.3) is 0 Å². The Kier molecular flexibility index (Phi) is 1.78. The van der Waals surface area contributed by atoms with E-state index in [4.69, 9.17) is 5.26 Å². The highest BCUT2D eigenvalue weighted by Crippen LogP contribution is 2.38. The van der Waals surface area contributed by atoms with Crippen LogP contribution in [0.4, 0.5) is 0 Å². The molecule has 0 heterocycles. The summed E-state index contributed by atoms with van der Waals surface area (Å²) in [5, 5.41) is 18.3. The van der Waals surface area contributed by atoms with Gasteiger partial charge in [0.1, 0.15) is 0 Å². The van der Waals surface area contributed by atoms with Crippen molar-refractivity contribution >= 4 is 15.9 Å². The van der Waals surface area contributed by atoms with Crippen LogP contribution in [0, 0.1) is 17.2 Å². The Morgan fingerprint density at radius 3 is 2.67 bits per heavy atom. The first-order valence-electron chi connectivity index (χ1n) is 2.88. The molecule has 0 unspecified atom stereocenters. The van der Waals surface area contributed by atoms with E-state index in [0.29, 0.717) is 18.2 Å². The molecule has 1 aliphatic carbocycles. The Hall–Kier alpha value is -0.0700. The molecular formula is C6H8BrNO. The third-order valence-electron chi connectivity index (χ3n) is 1.68. The predicted octanol–water partition coefficient (Wildman–Crippen LogP) is 1.05. The Bertz CT molecular complexity index is 146. The van der Waals surface area contributed by atoms with Crippen molar-refractivity contribution in [1.29, 1.82) is 5.26 Å². The SMILES string of the molecule is N#CC1CC(O)(CBr)C1. The maximum atomic E-state index is 9.32. The Morgan fingerprint density at radius 2 is 2.33 bits per heavy atom. The highest BCUT2D eigenvalue weighted by atomic mass is 79.9. The number of hydrogen-bond donors (Lipinski definition) is 1. The van der Waals surface area contributed by atoms with Crippen LogP contribution >= 0.6 is 15.9 Å². The monoisotopic (exact) mass is 189 g/mol. The van der Waals surface area contributed by atoms with Crippen LogP contribution in [0.1, 0.15) is 12.8 Å². The lowest BCUT2D eigenvalue weighted by molar-refractivity contribution is -0.0335. The molecule has 3 heteroatoms. The zero-order chi connectivity index (χ0) is 6.91. The fourth-order valence-electron chi connectivity index (χ4n) is 1.06. The lowest BCUT2D eigenvalue weighted by atomic mass is 9.73. The van der Waals surface area contributed by atoms with Crippen molar-refractivity contribution in [3.8, 4) is 6.07 Å². The lowest BCUT2D eigenvalue weighted by Crippen LogP contribution is -2.44. The normalized spacial score (nSPS) is 41.2. The van der Waals surface area contributed by atoms with Crippen LogP contribution in [0.5, 0.6) is 0 Å². The summed E-state index contributed by atoms with van der Waals surface area (Å²) in [7, 11) is 0. The van der Waals surface area contributed by atoms with Gasteiger partial charge in [-0.15, -0.1) is 0 Å².